The molecule has 2 aliphatic heterocycles. The van der Waals surface area contributed by atoms with Crippen molar-refractivity contribution in [2.24, 2.45) is 0 Å². The van der Waals surface area contributed by atoms with Gasteiger partial charge in [-0.25, -0.2) is 14.4 Å². The molecule has 9 atom stereocenters. The van der Waals surface area contributed by atoms with Gasteiger partial charge >= 0.3 is 18.0 Å². The van der Waals surface area contributed by atoms with Crippen LogP contribution in [0.5, 0.6) is 0 Å². The van der Waals surface area contributed by atoms with E-state index in [4.69, 9.17) is 70.6 Å². The van der Waals surface area contributed by atoms with Gasteiger partial charge in [-0.05, 0) is 61.9 Å². The van der Waals surface area contributed by atoms with Crippen molar-refractivity contribution in [1.82, 2.24) is 26.6 Å². The van der Waals surface area contributed by atoms with Gasteiger partial charge in [0.2, 0.25) is 17.7 Å². The highest BCUT2D eigenvalue weighted by Gasteiger charge is 2.52. The van der Waals surface area contributed by atoms with Gasteiger partial charge in [0.05, 0.1) is 39.6 Å². The second kappa shape index (κ2) is 37.4. The zero-order valence-electron chi connectivity index (χ0n) is 48.8. The van der Waals surface area contributed by atoms with Crippen molar-refractivity contribution in [3.8, 4) is 0 Å². The number of amides is 5. The summed E-state index contributed by atoms with van der Waals surface area (Å²) >= 11 is 11.9. The van der Waals surface area contributed by atoms with Crippen molar-refractivity contribution in [3.05, 3.63) is 178 Å². The lowest BCUT2D eigenvalue weighted by Gasteiger charge is -2.49. The molecule has 0 spiro atoms. The highest BCUT2D eigenvalue weighted by atomic mass is 35.5. The molecule has 0 saturated carbocycles. The number of carbonyl (C=O) groups excluding carboxylic acids is 7. The Morgan fingerprint density at radius 2 is 1.23 bits per heavy atom. The quantitative estimate of drug-likeness (QED) is 0.0121. The third-order valence-corrected chi connectivity index (χ3v) is 14.4. The number of hydrogen-bond acceptors (Lipinski definition) is 17. The number of hydrogen-bond donors (Lipinski definition) is 5. The normalized spacial score (nSPS) is 18.9. The van der Waals surface area contributed by atoms with E-state index >= 15 is 0 Å². The summed E-state index contributed by atoms with van der Waals surface area (Å²) < 4.78 is 59.4. The molecule has 88 heavy (non-hydrogen) atoms. The second-order valence-corrected chi connectivity index (χ2v) is 21.2. The van der Waals surface area contributed by atoms with Gasteiger partial charge in [0.25, 0.3) is 5.91 Å². The molecule has 2 heterocycles. The fourth-order valence-corrected chi connectivity index (χ4v) is 9.57. The molecule has 5 amide bonds. The van der Waals surface area contributed by atoms with Crippen LogP contribution in [-0.4, -0.2) is 149 Å². The van der Waals surface area contributed by atoms with Crippen LogP contribution in [0.1, 0.15) is 77.9 Å². The van der Waals surface area contributed by atoms with Crippen molar-refractivity contribution in [3.63, 3.8) is 0 Å². The first-order chi connectivity index (χ1) is 42.8. The minimum absolute atomic E-state index is 0.00370. The smallest absolute Gasteiger partial charge is 0.407 e. The Bertz CT molecular complexity index is 2960. The second-order valence-electron chi connectivity index (χ2n) is 20.4. The highest BCUT2D eigenvalue weighted by Crippen LogP contribution is 2.36. The fourth-order valence-electron chi connectivity index (χ4n) is 9.27. The number of ether oxygens (including phenoxy) is 10. The van der Waals surface area contributed by atoms with E-state index < -0.39 is 110 Å². The first-order valence-corrected chi connectivity index (χ1v) is 30.0. The average Bonchev–Trinajstić information content (AvgIpc) is 1.13. The Labute approximate surface area is 521 Å². The Kier molecular flexibility index (Phi) is 28.9. The number of halogens is 2. The van der Waals surface area contributed by atoms with E-state index in [0.29, 0.717) is 59.2 Å². The number of benzene rings is 5. The number of fused-ring (bicyclic) bond motifs is 1. The molecule has 5 unspecified atom stereocenters. The summed E-state index contributed by atoms with van der Waals surface area (Å²) in [6, 6.07) is 37.5. The summed E-state index contributed by atoms with van der Waals surface area (Å²) in [5.41, 5.74) is 3.02. The number of rotatable bonds is 35. The summed E-state index contributed by atoms with van der Waals surface area (Å²) in [5, 5.41) is 14.2. The molecule has 2 fully saturated rings. The van der Waals surface area contributed by atoms with Crippen molar-refractivity contribution >= 4 is 64.9 Å². The molecule has 0 bridgehead atoms. The van der Waals surface area contributed by atoms with Gasteiger partial charge in [-0.3, -0.25) is 19.2 Å². The van der Waals surface area contributed by atoms with Crippen LogP contribution in [0.4, 0.5) is 4.79 Å². The molecule has 7 rings (SSSR count). The minimum atomic E-state index is -1.43. The Hall–Kier alpha value is -7.51. The molecule has 0 aromatic heterocycles. The van der Waals surface area contributed by atoms with E-state index in [2.05, 4.69) is 26.6 Å². The number of alkyl carbamates (subject to hydrolysis) is 1. The maximum Gasteiger partial charge on any atom is 0.407 e. The Balaban J connectivity index is 1.04. The number of unbranched alkanes of at least 4 members (excludes halogenated alkanes) is 1. The van der Waals surface area contributed by atoms with Crippen LogP contribution >= 0.6 is 23.2 Å². The SMILES string of the molecule is CC(NC(=O)C(CCCCNC(=O)OCc1ccccc1Cl)NC(=O)CCC(NC(=O)CO[C@@H]1C(NC(=O)c2ccccc2)[C@H](OCCOCCOCCCl)O[C@@H]2COC(c3ccccc3)O[C@@H]12)C(=O)OCc1ccccc1)C(=O)OCc1ccccc1. The molecule has 5 aromatic rings. The summed E-state index contributed by atoms with van der Waals surface area (Å²) in [6.45, 7) is 1.73. The monoisotopic (exact) mass is 1260 g/mol. The van der Waals surface area contributed by atoms with Gasteiger partial charge in [0.15, 0.2) is 12.6 Å². The van der Waals surface area contributed by atoms with E-state index in [1.165, 1.54) is 6.92 Å². The average molecular weight is 1260 g/mol. The summed E-state index contributed by atoms with van der Waals surface area (Å²) in [7, 11) is 0. The maximum absolute atomic E-state index is 14.3. The Morgan fingerprint density at radius 3 is 1.91 bits per heavy atom. The van der Waals surface area contributed by atoms with Gasteiger partial charge in [0.1, 0.15) is 68.9 Å². The van der Waals surface area contributed by atoms with E-state index in [-0.39, 0.29) is 65.6 Å². The fraction of sp³-hybridized carbons (Fsp3) is 0.422. The Morgan fingerprint density at radius 1 is 0.614 bits per heavy atom. The topological polar surface area (TPSA) is 272 Å². The molecule has 2 aliphatic rings. The predicted octanol–water partition coefficient (Wildman–Crippen LogP) is 6.79. The van der Waals surface area contributed by atoms with Gasteiger partial charge in [-0.15, -0.1) is 11.6 Å². The number of nitrogens with one attached hydrogen (secondary N) is 5. The number of carbonyl (C=O) groups is 7. The van der Waals surface area contributed by atoms with Crippen molar-refractivity contribution < 1.29 is 80.9 Å². The lowest BCUT2D eigenvalue weighted by molar-refractivity contribution is -0.348. The van der Waals surface area contributed by atoms with Crippen molar-refractivity contribution in [2.45, 2.75) is 114 Å². The first kappa shape index (κ1) is 68.0. The van der Waals surface area contributed by atoms with Gasteiger partial charge in [-0.2, -0.15) is 0 Å². The van der Waals surface area contributed by atoms with Crippen LogP contribution < -0.4 is 26.6 Å². The zero-order chi connectivity index (χ0) is 62.3. The molecule has 0 radical (unpaired) electrons. The third-order valence-electron chi connectivity index (χ3n) is 13.9. The van der Waals surface area contributed by atoms with Crippen molar-refractivity contribution in [1.29, 1.82) is 0 Å². The highest BCUT2D eigenvalue weighted by molar-refractivity contribution is 6.31. The van der Waals surface area contributed by atoms with Gasteiger partial charge < -0.3 is 74.0 Å². The maximum atomic E-state index is 14.3. The molecule has 24 heteroatoms. The minimum Gasteiger partial charge on any atom is -0.459 e. The third kappa shape index (κ3) is 22.9. The number of alkyl halides is 1. The van der Waals surface area contributed by atoms with Gasteiger partial charge in [-0.1, -0.05) is 139 Å². The molecule has 5 N–H and O–H groups in total. The first-order valence-electron chi connectivity index (χ1n) is 29.1. The molecule has 22 nitrogen and oxygen atoms in total. The van der Waals surface area contributed by atoms with E-state index in [1.54, 1.807) is 109 Å². The van der Waals surface area contributed by atoms with Crippen LogP contribution in [0.25, 0.3) is 0 Å². The molecular weight excluding hydrogens is 1180 g/mol. The van der Waals surface area contributed by atoms with Crippen molar-refractivity contribution in [2.75, 3.05) is 58.7 Å². The summed E-state index contributed by atoms with van der Waals surface area (Å²) in [5.74, 6) is -3.94. The lowest BCUT2D eigenvalue weighted by Crippen LogP contribution is -2.67. The molecule has 5 aromatic carbocycles. The van der Waals surface area contributed by atoms with E-state index in [0.717, 1.165) is 5.56 Å². The van der Waals surface area contributed by atoms with E-state index in [9.17, 15) is 33.6 Å². The summed E-state index contributed by atoms with van der Waals surface area (Å²) in [4.78, 5) is 95.8. The van der Waals surface area contributed by atoms with Crippen LogP contribution in [0.15, 0.2) is 146 Å². The van der Waals surface area contributed by atoms with E-state index in [1.807, 2.05) is 36.4 Å². The van der Waals surface area contributed by atoms with Crippen LogP contribution in [0.2, 0.25) is 5.02 Å². The standard InChI is InChI=1S/C64H75Cl2N5O17/c1-43(60(76)83-38-44-18-6-2-7-19-44)68-59(75)50(28-16-17-32-67-64(78)86-40-48-26-14-15-27-49(48)66)69-53(72)30-29-51(61(77)84-39-45-20-8-3-9-21-45)70-54(73)42-82-57-55(71-58(74)46-22-10-4-11-23-46)63(81-37-36-80-35-34-79-33-31-65)87-52-41-85-62(88-56(52)57)47-24-12-5-13-25-47/h2-15,18-27,43,50-52,55-57,62-63H,16-17,28-42H2,1H3,(H,67,78)(H,68,75)(H,69,72)(H,70,73)(H,71,74)/t43?,50?,51?,52-,55?,56-,57-,62?,63-/m1/s1. The van der Waals surface area contributed by atoms with Gasteiger partial charge in [0, 0.05) is 40.6 Å². The largest absolute Gasteiger partial charge is 0.459 e. The predicted molar refractivity (Wildman–Crippen MR) is 321 cm³/mol. The molecule has 0 aliphatic carbocycles. The molecule has 2 saturated heterocycles. The van der Waals surface area contributed by atoms with Crippen LogP contribution in [0.3, 0.4) is 0 Å². The van der Waals surface area contributed by atoms with Crippen LogP contribution in [0, 0.1) is 0 Å². The number of esters is 2. The zero-order valence-corrected chi connectivity index (χ0v) is 50.3. The van der Waals surface area contributed by atoms with Crippen LogP contribution in [-0.2, 0) is 91.2 Å². The molecule has 472 valence electrons. The summed E-state index contributed by atoms with van der Waals surface area (Å²) in [6.07, 6.45) is -5.71. The molecular formula is C64H75Cl2N5O17. The lowest BCUT2D eigenvalue weighted by atomic mass is 9.95.